The van der Waals surface area contributed by atoms with Crippen molar-refractivity contribution in [3.8, 4) is 11.5 Å². The van der Waals surface area contributed by atoms with E-state index >= 15 is 0 Å². The number of rotatable bonds is 15. The fourth-order valence-electron chi connectivity index (χ4n) is 3.27. The van der Waals surface area contributed by atoms with Gasteiger partial charge in [0, 0.05) is 0 Å². The third-order valence-corrected chi connectivity index (χ3v) is 6.81. The van der Waals surface area contributed by atoms with E-state index in [1.54, 1.807) is 54.5 Å². The molecule has 0 aliphatic carbocycles. The fourth-order valence-corrected chi connectivity index (χ4v) is 3.27. The summed E-state index contributed by atoms with van der Waals surface area (Å²) in [5.41, 5.74) is 5.01. The number of hydrogen-bond acceptors (Lipinski definition) is 12. The first-order valence-electron chi connectivity index (χ1n) is 14.7. The van der Waals surface area contributed by atoms with Crippen LogP contribution in [-0.2, 0) is 34.9 Å². The van der Waals surface area contributed by atoms with Crippen LogP contribution in [0.4, 0.5) is 14.4 Å². The van der Waals surface area contributed by atoms with Gasteiger partial charge < -0.3 is 38.9 Å². The van der Waals surface area contributed by atoms with Crippen molar-refractivity contribution in [1.29, 1.82) is 0 Å². The minimum Gasteiger partial charge on any atom is -0.458 e. The van der Waals surface area contributed by atoms with Gasteiger partial charge in [0.05, 0.1) is 0 Å². The highest BCUT2D eigenvalue weighted by molar-refractivity contribution is 5.76. The predicted molar refractivity (Wildman–Crippen MR) is 158 cm³/mol. The monoisotopic (exact) mass is 611 g/mol. The first-order chi connectivity index (χ1) is 19.9. The second kappa shape index (κ2) is 16.9. The summed E-state index contributed by atoms with van der Waals surface area (Å²) in [7, 11) is 0. The van der Waals surface area contributed by atoms with Gasteiger partial charge in [-0.2, -0.15) is 0 Å². The molecule has 12 nitrogen and oxygen atoms in total. The van der Waals surface area contributed by atoms with E-state index in [0.717, 1.165) is 6.42 Å². The zero-order chi connectivity index (χ0) is 33.0. The lowest BCUT2D eigenvalue weighted by Gasteiger charge is -2.24. The Labute approximate surface area is 254 Å². The largest absolute Gasteiger partial charge is 0.514 e. The van der Waals surface area contributed by atoms with Crippen LogP contribution in [0.5, 0.6) is 11.5 Å². The highest BCUT2D eigenvalue weighted by Gasteiger charge is 2.28. The second-order valence-electron chi connectivity index (χ2n) is 11.7. The Morgan fingerprint density at radius 1 is 0.744 bits per heavy atom. The van der Waals surface area contributed by atoms with E-state index in [4.69, 9.17) is 38.9 Å². The SMILES string of the molecule is CCCC(C)OC(=O)O[C@@H](C)[C@H](C)OC(=O)[C@@H](N)Cc1ccc(OC(=O)OC(C)(C)CC)c(OC(=O)OC(C)(C)CC)c1. The molecule has 12 heteroatoms. The summed E-state index contributed by atoms with van der Waals surface area (Å²) in [4.78, 5) is 49.7. The summed E-state index contributed by atoms with van der Waals surface area (Å²) in [6, 6.07) is 3.23. The number of carbonyl (C=O) groups excluding carboxylic acids is 4. The van der Waals surface area contributed by atoms with Crippen LogP contribution in [0, 0.1) is 0 Å². The molecule has 0 bridgehead atoms. The van der Waals surface area contributed by atoms with Gasteiger partial charge in [-0.05, 0) is 91.8 Å². The molecule has 244 valence electrons. The van der Waals surface area contributed by atoms with Gasteiger partial charge in [0.1, 0.15) is 35.6 Å². The van der Waals surface area contributed by atoms with Crippen molar-refractivity contribution in [3.05, 3.63) is 23.8 Å². The van der Waals surface area contributed by atoms with E-state index in [1.807, 2.05) is 20.8 Å². The number of carbonyl (C=O) groups is 4. The molecule has 4 atom stereocenters. The first-order valence-corrected chi connectivity index (χ1v) is 14.7. The summed E-state index contributed by atoms with van der Waals surface area (Å²) in [5, 5.41) is 0. The second-order valence-corrected chi connectivity index (χ2v) is 11.7. The molecule has 0 fully saturated rings. The van der Waals surface area contributed by atoms with Gasteiger partial charge in [0.15, 0.2) is 11.5 Å². The number of ether oxygens (including phenoxy) is 7. The van der Waals surface area contributed by atoms with Crippen molar-refractivity contribution in [3.63, 3.8) is 0 Å². The quantitative estimate of drug-likeness (QED) is 0.128. The normalized spacial score (nSPS) is 14.4. The van der Waals surface area contributed by atoms with E-state index in [1.165, 1.54) is 12.1 Å². The molecule has 0 spiro atoms. The van der Waals surface area contributed by atoms with Crippen molar-refractivity contribution >= 4 is 24.4 Å². The average molecular weight is 612 g/mol. The number of esters is 1. The van der Waals surface area contributed by atoms with Crippen LogP contribution in [0.3, 0.4) is 0 Å². The first kappa shape index (κ1) is 37.5. The Morgan fingerprint density at radius 2 is 1.26 bits per heavy atom. The van der Waals surface area contributed by atoms with Crippen LogP contribution in [0.2, 0.25) is 0 Å². The highest BCUT2D eigenvalue weighted by atomic mass is 16.8. The van der Waals surface area contributed by atoms with Crippen LogP contribution in [-0.4, -0.2) is 60.0 Å². The Hall–Kier alpha value is -3.54. The van der Waals surface area contributed by atoms with E-state index in [0.29, 0.717) is 24.8 Å². The van der Waals surface area contributed by atoms with E-state index in [9.17, 15) is 19.2 Å². The minimum absolute atomic E-state index is 0.0170. The highest BCUT2D eigenvalue weighted by Crippen LogP contribution is 2.31. The van der Waals surface area contributed by atoms with Crippen LogP contribution in [0.25, 0.3) is 0 Å². The smallest absolute Gasteiger partial charge is 0.458 e. The van der Waals surface area contributed by atoms with E-state index in [-0.39, 0.29) is 24.0 Å². The topological polar surface area (TPSA) is 159 Å². The van der Waals surface area contributed by atoms with Gasteiger partial charge in [0.2, 0.25) is 0 Å². The van der Waals surface area contributed by atoms with Crippen LogP contribution < -0.4 is 15.2 Å². The lowest BCUT2D eigenvalue weighted by molar-refractivity contribution is -0.155. The third-order valence-electron chi connectivity index (χ3n) is 6.81. The zero-order valence-corrected chi connectivity index (χ0v) is 27.1. The molecule has 0 amide bonds. The molecule has 2 N–H and O–H groups in total. The Balaban J connectivity index is 2.99. The third kappa shape index (κ3) is 14.0. The van der Waals surface area contributed by atoms with E-state index < -0.39 is 53.9 Å². The Morgan fingerprint density at radius 3 is 1.77 bits per heavy atom. The maximum Gasteiger partial charge on any atom is 0.514 e. The molecular formula is C31H49NO11. The molecule has 1 rings (SSSR count). The standard InChI is InChI=1S/C31H49NO11/c1-11-14-19(4)37-27(34)39-21(6)20(5)38-26(33)23(32)17-22-15-16-24(40-28(35)42-30(7,8)12-2)25(18-22)41-29(36)43-31(9,10)13-3/h15-16,18-21,23H,11-14,17,32H2,1-10H3/t19?,20-,21-,23-/m0/s1. The number of benzene rings is 1. The average Bonchev–Trinajstić information content (AvgIpc) is 2.89. The molecule has 0 aliphatic rings. The van der Waals surface area contributed by atoms with Gasteiger partial charge in [-0.25, -0.2) is 14.4 Å². The van der Waals surface area contributed by atoms with Gasteiger partial charge in [-0.15, -0.1) is 0 Å². The Bertz CT molecular complexity index is 1090. The van der Waals surface area contributed by atoms with Gasteiger partial charge in [-0.3, -0.25) is 4.79 Å². The molecule has 43 heavy (non-hydrogen) atoms. The molecule has 0 aromatic heterocycles. The molecule has 0 aliphatic heterocycles. The summed E-state index contributed by atoms with van der Waals surface area (Å²) in [6.45, 7) is 17.5. The summed E-state index contributed by atoms with van der Waals surface area (Å²) >= 11 is 0. The molecule has 0 saturated carbocycles. The summed E-state index contributed by atoms with van der Waals surface area (Å²) in [5.74, 6) is -0.969. The van der Waals surface area contributed by atoms with E-state index in [2.05, 4.69) is 0 Å². The van der Waals surface area contributed by atoms with Crippen LogP contribution in [0.1, 0.15) is 100 Å². The fraction of sp³-hybridized carbons (Fsp3) is 0.677. The summed E-state index contributed by atoms with van der Waals surface area (Å²) < 4.78 is 37.2. The molecule has 1 aromatic rings. The van der Waals surface area contributed by atoms with Crippen molar-refractivity contribution in [2.45, 2.75) is 137 Å². The van der Waals surface area contributed by atoms with Crippen molar-refractivity contribution in [2.75, 3.05) is 0 Å². The maximum absolute atomic E-state index is 12.7. The van der Waals surface area contributed by atoms with Crippen molar-refractivity contribution < 1.29 is 52.3 Å². The molecular weight excluding hydrogens is 562 g/mol. The Kier molecular flexibility index (Phi) is 14.8. The molecule has 0 radical (unpaired) electrons. The van der Waals surface area contributed by atoms with Crippen molar-refractivity contribution in [1.82, 2.24) is 0 Å². The zero-order valence-electron chi connectivity index (χ0n) is 27.1. The van der Waals surface area contributed by atoms with Crippen LogP contribution in [0.15, 0.2) is 18.2 Å². The lowest BCUT2D eigenvalue weighted by Crippen LogP contribution is -2.39. The molecule has 0 heterocycles. The minimum atomic E-state index is -1.12. The number of nitrogens with two attached hydrogens (primary N) is 1. The number of hydrogen-bond donors (Lipinski definition) is 1. The molecule has 0 saturated heterocycles. The van der Waals surface area contributed by atoms with Gasteiger partial charge in [-0.1, -0.05) is 33.3 Å². The lowest BCUT2D eigenvalue weighted by atomic mass is 10.1. The van der Waals surface area contributed by atoms with Crippen LogP contribution >= 0.6 is 0 Å². The molecule has 1 aromatic carbocycles. The summed E-state index contributed by atoms with van der Waals surface area (Å²) in [6.07, 6.45) is -2.13. The van der Waals surface area contributed by atoms with Crippen molar-refractivity contribution in [2.24, 2.45) is 5.73 Å². The molecule has 1 unspecified atom stereocenters. The van der Waals surface area contributed by atoms with Gasteiger partial charge in [0.25, 0.3) is 0 Å². The maximum atomic E-state index is 12.7. The predicted octanol–water partition coefficient (Wildman–Crippen LogP) is 6.63. The van der Waals surface area contributed by atoms with Gasteiger partial charge >= 0.3 is 24.4 Å².